The molecule has 0 bridgehead atoms. The van der Waals surface area contributed by atoms with Gasteiger partial charge in [0.1, 0.15) is 5.76 Å². The monoisotopic (exact) mass is 243 g/mol. The minimum atomic E-state index is 0.194. The van der Waals surface area contributed by atoms with Gasteiger partial charge in [-0.1, -0.05) is 13.8 Å². The van der Waals surface area contributed by atoms with Gasteiger partial charge in [-0.25, -0.2) is 0 Å². The van der Waals surface area contributed by atoms with Gasteiger partial charge in [-0.2, -0.15) is 0 Å². The number of aliphatic hydroxyl groups is 1. The maximum atomic E-state index is 9.20. The molecule has 0 saturated carbocycles. The van der Waals surface area contributed by atoms with Crippen molar-refractivity contribution in [2.45, 2.75) is 44.2 Å². The van der Waals surface area contributed by atoms with Crippen LogP contribution in [0.1, 0.15) is 26.0 Å². The highest BCUT2D eigenvalue weighted by Gasteiger charge is 2.09. The quantitative estimate of drug-likeness (QED) is 0.722. The lowest BCUT2D eigenvalue weighted by atomic mass is 10.2. The van der Waals surface area contributed by atoms with Crippen molar-refractivity contribution in [1.82, 2.24) is 5.32 Å². The molecule has 0 aromatic carbocycles. The van der Waals surface area contributed by atoms with Gasteiger partial charge in [0, 0.05) is 17.0 Å². The second-order valence-electron chi connectivity index (χ2n) is 4.18. The first-order valence-corrected chi connectivity index (χ1v) is 6.66. The van der Waals surface area contributed by atoms with Crippen LogP contribution >= 0.6 is 11.8 Å². The van der Waals surface area contributed by atoms with Gasteiger partial charge in [-0.3, -0.25) is 0 Å². The van der Waals surface area contributed by atoms with E-state index in [2.05, 4.69) is 19.2 Å². The summed E-state index contributed by atoms with van der Waals surface area (Å²) in [6.45, 7) is 6.35. The third kappa shape index (κ3) is 4.60. The van der Waals surface area contributed by atoms with E-state index in [1.807, 2.05) is 13.0 Å². The highest BCUT2D eigenvalue weighted by atomic mass is 32.2. The van der Waals surface area contributed by atoms with Crippen LogP contribution in [-0.2, 0) is 0 Å². The molecule has 2 N–H and O–H groups in total. The van der Waals surface area contributed by atoms with Crippen LogP contribution in [0.25, 0.3) is 0 Å². The molecule has 1 rings (SSSR count). The molecule has 92 valence electrons. The van der Waals surface area contributed by atoms with Crippen LogP contribution in [0.4, 0.5) is 0 Å². The van der Waals surface area contributed by atoms with E-state index in [9.17, 15) is 5.11 Å². The minimum Gasteiger partial charge on any atom is -0.468 e. The molecule has 0 fully saturated rings. The van der Waals surface area contributed by atoms with Crippen LogP contribution in [0.5, 0.6) is 0 Å². The smallest absolute Gasteiger partial charge is 0.114 e. The molecule has 0 aliphatic heterocycles. The number of hydrogen-bond donors (Lipinski definition) is 2. The Bertz CT molecular complexity index is 299. The summed E-state index contributed by atoms with van der Waals surface area (Å²) in [5.74, 6) is 1.97. The van der Waals surface area contributed by atoms with Gasteiger partial charge < -0.3 is 14.8 Å². The van der Waals surface area contributed by atoms with Gasteiger partial charge in [-0.05, 0) is 25.2 Å². The summed E-state index contributed by atoms with van der Waals surface area (Å²) in [7, 11) is 0. The van der Waals surface area contributed by atoms with Crippen LogP contribution in [-0.4, -0.2) is 29.5 Å². The van der Waals surface area contributed by atoms with Crippen LogP contribution < -0.4 is 5.32 Å². The minimum absolute atomic E-state index is 0.194. The van der Waals surface area contributed by atoms with Crippen molar-refractivity contribution in [3.8, 4) is 0 Å². The summed E-state index contributed by atoms with van der Waals surface area (Å²) >= 11 is 1.78. The molecular formula is C12H21NO2S. The van der Waals surface area contributed by atoms with Crippen LogP contribution in [0, 0.1) is 6.92 Å². The van der Waals surface area contributed by atoms with Crippen molar-refractivity contribution in [2.24, 2.45) is 0 Å². The standard InChI is InChI=1S/C12H21NO2S/c1-9(2)13-11(8-14)5-7-16-12-4-6-15-10(12)3/h4,6,9,11,13-14H,5,7-8H2,1-3H3. The van der Waals surface area contributed by atoms with Gasteiger partial charge in [-0.15, -0.1) is 11.8 Å². The predicted molar refractivity (Wildman–Crippen MR) is 67.9 cm³/mol. The molecule has 4 heteroatoms. The van der Waals surface area contributed by atoms with Gasteiger partial charge >= 0.3 is 0 Å². The van der Waals surface area contributed by atoms with Crippen molar-refractivity contribution < 1.29 is 9.52 Å². The van der Waals surface area contributed by atoms with E-state index in [0.29, 0.717) is 6.04 Å². The van der Waals surface area contributed by atoms with Crippen molar-refractivity contribution in [3.05, 3.63) is 18.1 Å². The van der Waals surface area contributed by atoms with Crippen molar-refractivity contribution in [2.75, 3.05) is 12.4 Å². The molecule has 1 unspecified atom stereocenters. The van der Waals surface area contributed by atoms with Crippen LogP contribution in [0.15, 0.2) is 21.6 Å². The van der Waals surface area contributed by atoms with E-state index in [0.717, 1.165) is 17.9 Å². The fraction of sp³-hybridized carbons (Fsp3) is 0.667. The van der Waals surface area contributed by atoms with Gasteiger partial charge in [0.05, 0.1) is 12.9 Å². The molecule has 0 aliphatic carbocycles. The average Bonchev–Trinajstić information content (AvgIpc) is 2.62. The fourth-order valence-corrected chi connectivity index (χ4v) is 2.56. The zero-order valence-corrected chi connectivity index (χ0v) is 11.0. The zero-order chi connectivity index (χ0) is 12.0. The number of aliphatic hydroxyl groups excluding tert-OH is 1. The van der Waals surface area contributed by atoms with E-state index >= 15 is 0 Å². The summed E-state index contributed by atoms with van der Waals surface area (Å²) in [5, 5.41) is 12.5. The van der Waals surface area contributed by atoms with Gasteiger partial charge in [0.15, 0.2) is 0 Å². The van der Waals surface area contributed by atoms with Crippen molar-refractivity contribution >= 4 is 11.8 Å². The molecule has 1 atom stereocenters. The predicted octanol–water partition coefficient (Wildman–Crippen LogP) is 2.43. The zero-order valence-electron chi connectivity index (χ0n) is 10.2. The first-order chi connectivity index (χ1) is 7.63. The van der Waals surface area contributed by atoms with E-state index in [1.54, 1.807) is 18.0 Å². The summed E-state index contributed by atoms with van der Waals surface area (Å²) in [5.41, 5.74) is 0. The fourth-order valence-electron chi connectivity index (χ4n) is 1.53. The first kappa shape index (κ1) is 13.6. The second kappa shape index (κ2) is 6.99. The molecular weight excluding hydrogens is 222 g/mol. The molecule has 1 heterocycles. The highest BCUT2D eigenvalue weighted by molar-refractivity contribution is 7.99. The van der Waals surface area contributed by atoms with Gasteiger partial charge in [0.2, 0.25) is 0 Å². The molecule has 16 heavy (non-hydrogen) atoms. The number of furan rings is 1. The summed E-state index contributed by atoms with van der Waals surface area (Å²) < 4.78 is 5.23. The van der Waals surface area contributed by atoms with Crippen LogP contribution in [0.3, 0.4) is 0 Å². The average molecular weight is 243 g/mol. The molecule has 3 nitrogen and oxygen atoms in total. The Morgan fingerprint density at radius 1 is 1.50 bits per heavy atom. The largest absolute Gasteiger partial charge is 0.468 e. The molecule has 0 radical (unpaired) electrons. The summed E-state index contributed by atoms with van der Waals surface area (Å²) in [6.07, 6.45) is 2.68. The number of hydrogen-bond acceptors (Lipinski definition) is 4. The second-order valence-corrected chi connectivity index (χ2v) is 5.32. The third-order valence-electron chi connectivity index (χ3n) is 2.32. The third-order valence-corrected chi connectivity index (χ3v) is 3.50. The Labute approximate surface area is 102 Å². The Morgan fingerprint density at radius 3 is 2.75 bits per heavy atom. The molecule has 0 saturated heterocycles. The first-order valence-electron chi connectivity index (χ1n) is 5.67. The van der Waals surface area contributed by atoms with E-state index < -0.39 is 0 Å². The van der Waals surface area contributed by atoms with E-state index in [-0.39, 0.29) is 12.6 Å². The number of thioether (sulfide) groups is 1. The Hall–Kier alpha value is -0.450. The summed E-state index contributed by atoms with van der Waals surface area (Å²) in [6, 6.07) is 2.60. The van der Waals surface area contributed by atoms with Crippen molar-refractivity contribution in [3.63, 3.8) is 0 Å². The number of rotatable bonds is 7. The van der Waals surface area contributed by atoms with Crippen molar-refractivity contribution in [1.29, 1.82) is 0 Å². The Balaban J connectivity index is 2.26. The van der Waals surface area contributed by atoms with Gasteiger partial charge in [0.25, 0.3) is 0 Å². The topological polar surface area (TPSA) is 45.4 Å². The normalized spacial score (nSPS) is 13.3. The summed E-state index contributed by atoms with van der Waals surface area (Å²) in [4.78, 5) is 1.20. The lowest BCUT2D eigenvalue weighted by molar-refractivity contribution is 0.232. The number of nitrogens with one attached hydrogen (secondary N) is 1. The molecule has 0 aliphatic rings. The van der Waals surface area contributed by atoms with E-state index in [4.69, 9.17) is 4.42 Å². The SMILES string of the molecule is Cc1occc1SCCC(CO)NC(C)C. The molecule has 0 amide bonds. The molecule has 1 aromatic heterocycles. The molecule has 0 spiro atoms. The lowest BCUT2D eigenvalue weighted by Gasteiger charge is -2.18. The maximum absolute atomic E-state index is 9.20. The highest BCUT2D eigenvalue weighted by Crippen LogP contribution is 2.23. The van der Waals surface area contributed by atoms with Crippen LogP contribution in [0.2, 0.25) is 0 Å². The Morgan fingerprint density at radius 2 is 2.25 bits per heavy atom. The Kier molecular flexibility index (Phi) is 5.95. The lowest BCUT2D eigenvalue weighted by Crippen LogP contribution is -2.37. The molecule has 1 aromatic rings. The van der Waals surface area contributed by atoms with E-state index in [1.165, 1.54) is 4.90 Å². The maximum Gasteiger partial charge on any atom is 0.114 e. The number of aryl methyl sites for hydroxylation is 1.